The molecule has 0 bridgehead atoms. The lowest BCUT2D eigenvalue weighted by molar-refractivity contribution is -0.119. The van der Waals surface area contributed by atoms with Gasteiger partial charge in [0, 0.05) is 23.7 Å². The van der Waals surface area contributed by atoms with Crippen molar-refractivity contribution in [3.8, 4) is 5.75 Å². The summed E-state index contributed by atoms with van der Waals surface area (Å²) in [5.74, 6) is 0.209. The number of phenols is 1. The lowest BCUT2D eigenvalue weighted by Crippen LogP contribution is -2.23. The highest BCUT2D eigenvalue weighted by Crippen LogP contribution is 2.26. The molecule has 1 fully saturated rings. The van der Waals surface area contributed by atoms with Crippen molar-refractivity contribution in [2.75, 3.05) is 5.32 Å². The number of carbonyl (C=O) groups is 1. The lowest BCUT2D eigenvalue weighted by atomic mass is 10.1. The van der Waals surface area contributed by atoms with Crippen molar-refractivity contribution < 1.29 is 9.90 Å². The fraction of sp³-hybridized carbons (Fsp3) is 0.462. The van der Waals surface area contributed by atoms with Crippen LogP contribution in [0.15, 0.2) is 18.2 Å². The maximum atomic E-state index is 11.9. The van der Waals surface area contributed by atoms with Crippen molar-refractivity contribution in [3.05, 3.63) is 23.8 Å². The van der Waals surface area contributed by atoms with E-state index in [1.54, 1.807) is 18.2 Å². The number of anilines is 1. The molecule has 0 aliphatic heterocycles. The van der Waals surface area contributed by atoms with E-state index in [-0.39, 0.29) is 23.6 Å². The molecule has 1 aromatic rings. The zero-order valence-electron chi connectivity index (χ0n) is 9.94. The average Bonchev–Trinajstić information content (AvgIpc) is 2.70. The molecule has 92 valence electrons. The normalized spacial score (nSPS) is 23.6. The first-order chi connectivity index (χ1) is 8.06. The molecule has 1 aliphatic carbocycles. The van der Waals surface area contributed by atoms with Crippen LogP contribution in [-0.2, 0) is 4.79 Å². The molecule has 2 atom stereocenters. The number of hydrogen-bond donors (Lipinski definition) is 3. The van der Waals surface area contributed by atoms with Crippen LogP contribution in [0.25, 0.3) is 0 Å². The van der Waals surface area contributed by atoms with E-state index in [9.17, 15) is 9.90 Å². The minimum Gasteiger partial charge on any atom is -0.508 e. The summed E-state index contributed by atoms with van der Waals surface area (Å²) in [4.78, 5) is 11.9. The van der Waals surface area contributed by atoms with Gasteiger partial charge in [0.1, 0.15) is 5.75 Å². The molecular formula is C13H18N2O2. The molecule has 0 spiro atoms. The van der Waals surface area contributed by atoms with Crippen LogP contribution in [-0.4, -0.2) is 17.1 Å². The number of nitrogens with two attached hydrogens (primary N) is 1. The van der Waals surface area contributed by atoms with Crippen molar-refractivity contribution >= 4 is 11.6 Å². The van der Waals surface area contributed by atoms with Gasteiger partial charge >= 0.3 is 0 Å². The maximum absolute atomic E-state index is 11.9. The molecule has 1 aromatic carbocycles. The van der Waals surface area contributed by atoms with Crippen molar-refractivity contribution in [1.82, 2.24) is 0 Å². The van der Waals surface area contributed by atoms with Crippen molar-refractivity contribution in [2.45, 2.75) is 32.2 Å². The molecule has 4 heteroatoms. The second-order valence-electron chi connectivity index (χ2n) is 4.76. The Balaban J connectivity index is 2.00. The van der Waals surface area contributed by atoms with Crippen LogP contribution in [0, 0.1) is 12.8 Å². The van der Waals surface area contributed by atoms with Gasteiger partial charge in [-0.1, -0.05) is 6.07 Å². The minimum atomic E-state index is 0.00111. The number of aryl methyl sites for hydroxylation is 1. The number of hydrogen-bond acceptors (Lipinski definition) is 3. The van der Waals surface area contributed by atoms with Gasteiger partial charge in [0.2, 0.25) is 5.91 Å². The second kappa shape index (κ2) is 4.75. The van der Waals surface area contributed by atoms with Gasteiger partial charge < -0.3 is 16.2 Å². The standard InChI is InChI=1S/C13H18N2O2/c1-8-2-5-11(7-12(8)16)15-13(17)9-3-4-10(14)6-9/h2,5,7,9-10,16H,3-4,6,14H2,1H3,(H,15,17). The van der Waals surface area contributed by atoms with Gasteiger partial charge in [0.05, 0.1) is 0 Å². The first kappa shape index (κ1) is 11.9. The van der Waals surface area contributed by atoms with Gasteiger partial charge in [-0.15, -0.1) is 0 Å². The quantitative estimate of drug-likeness (QED) is 0.730. The summed E-state index contributed by atoms with van der Waals surface area (Å²) >= 11 is 0. The van der Waals surface area contributed by atoms with Gasteiger partial charge in [-0.2, -0.15) is 0 Å². The van der Waals surface area contributed by atoms with E-state index in [0.717, 1.165) is 24.8 Å². The molecule has 4 nitrogen and oxygen atoms in total. The summed E-state index contributed by atoms with van der Waals surface area (Å²) in [7, 11) is 0. The fourth-order valence-corrected chi connectivity index (χ4v) is 2.19. The molecule has 2 unspecified atom stereocenters. The Kier molecular flexibility index (Phi) is 3.33. The van der Waals surface area contributed by atoms with E-state index >= 15 is 0 Å². The van der Waals surface area contributed by atoms with Gasteiger partial charge in [-0.25, -0.2) is 0 Å². The SMILES string of the molecule is Cc1ccc(NC(=O)C2CCC(N)C2)cc1O. The Morgan fingerprint density at radius 2 is 2.24 bits per heavy atom. The summed E-state index contributed by atoms with van der Waals surface area (Å²) in [5.41, 5.74) is 7.21. The smallest absolute Gasteiger partial charge is 0.227 e. The molecule has 1 aliphatic rings. The summed E-state index contributed by atoms with van der Waals surface area (Å²) in [5, 5.41) is 12.4. The van der Waals surface area contributed by atoms with Crippen LogP contribution in [0.2, 0.25) is 0 Å². The third kappa shape index (κ3) is 2.77. The van der Waals surface area contributed by atoms with Gasteiger partial charge in [0.25, 0.3) is 0 Å². The van der Waals surface area contributed by atoms with Crippen LogP contribution in [0.5, 0.6) is 5.75 Å². The Morgan fingerprint density at radius 1 is 1.47 bits per heavy atom. The van der Waals surface area contributed by atoms with Crippen LogP contribution >= 0.6 is 0 Å². The maximum Gasteiger partial charge on any atom is 0.227 e. The zero-order valence-corrected chi connectivity index (χ0v) is 9.94. The average molecular weight is 234 g/mol. The first-order valence-corrected chi connectivity index (χ1v) is 5.92. The molecule has 0 aromatic heterocycles. The summed E-state index contributed by atoms with van der Waals surface area (Å²) in [6.07, 6.45) is 2.52. The molecule has 17 heavy (non-hydrogen) atoms. The van der Waals surface area contributed by atoms with E-state index < -0.39 is 0 Å². The predicted octanol–water partition coefficient (Wildman–Crippen LogP) is 1.77. The summed E-state index contributed by atoms with van der Waals surface area (Å²) < 4.78 is 0. The molecule has 1 saturated carbocycles. The summed E-state index contributed by atoms with van der Waals surface area (Å²) in [6, 6.07) is 5.30. The van der Waals surface area contributed by atoms with Crippen LogP contribution in [0.4, 0.5) is 5.69 Å². The molecule has 1 amide bonds. The van der Waals surface area contributed by atoms with Crippen molar-refractivity contribution in [1.29, 1.82) is 0 Å². The van der Waals surface area contributed by atoms with Crippen LogP contribution in [0.1, 0.15) is 24.8 Å². The van der Waals surface area contributed by atoms with Crippen molar-refractivity contribution in [2.24, 2.45) is 11.7 Å². The molecular weight excluding hydrogens is 216 g/mol. The van der Waals surface area contributed by atoms with E-state index in [2.05, 4.69) is 5.32 Å². The van der Waals surface area contributed by atoms with E-state index in [1.807, 2.05) is 6.92 Å². The van der Waals surface area contributed by atoms with E-state index in [4.69, 9.17) is 5.73 Å². The highest BCUT2D eigenvalue weighted by Gasteiger charge is 2.27. The zero-order chi connectivity index (χ0) is 12.4. The predicted molar refractivity (Wildman–Crippen MR) is 66.8 cm³/mol. The molecule has 4 N–H and O–H groups in total. The highest BCUT2D eigenvalue weighted by atomic mass is 16.3. The number of nitrogens with one attached hydrogen (secondary N) is 1. The highest BCUT2D eigenvalue weighted by molar-refractivity contribution is 5.93. The topological polar surface area (TPSA) is 75.4 Å². The van der Waals surface area contributed by atoms with Crippen LogP contribution in [0.3, 0.4) is 0 Å². The Bertz CT molecular complexity index is 431. The Labute approximate surface area is 101 Å². The number of rotatable bonds is 2. The van der Waals surface area contributed by atoms with E-state index in [0.29, 0.717) is 5.69 Å². The van der Waals surface area contributed by atoms with E-state index in [1.165, 1.54) is 0 Å². The molecule has 2 rings (SSSR count). The largest absolute Gasteiger partial charge is 0.508 e. The summed E-state index contributed by atoms with van der Waals surface area (Å²) in [6.45, 7) is 1.82. The Morgan fingerprint density at radius 3 is 2.82 bits per heavy atom. The van der Waals surface area contributed by atoms with Crippen LogP contribution < -0.4 is 11.1 Å². The molecule has 0 heterocycles. The number of amides is 1. The lowest BCUT2D eigenvalue weighted by Gasteiger charge is -2.11. The number of phenolic OH excluding ortho intramolecular Hbond substituents is 1. The minimum absolute atomic E-state index is 0.00111. The number of aromatic hydroxyl groups is 1. The van der Waals surface area contributed by atoms with Gasteiger partial charge in [-0.05, 0) is 37.8 Å². The second-order valence-corrected chi connectivity index (χ2v) is 4.76. The third-order valence-electron chi connectivity index (χ3n) is 3.32. The third-order valence-corrected chi connectivity index (χ3v) is 3.32. The Hall–Kier alpha value is -1.55. The number of benzene rings is 1. The molecule has 0 radical (unpaired) electrons. The number of carbonyl (C=O) groups excluding carboxylic acids is 1. The van der Waals surface area contributed by atoms with Gasteiger partial charge in [-0.3, -0.25) is 4.79 Å². The monoisotopic (exact) mass is 234 g/mol. The first-order valence-electron chi connectivity index (χ1n) is 5.92. The van der Waals surface area contributed by atoms with Gasteiger partial charge in [0.15, 0.2) is 0 Å². The van der Waals surface area contributed by atoms with Crippen molar-refractivity contribution in [3.63, 3.8) is 0 Å². The molecule has 0 saturated heterocycles. The fourth-order valence-electron chi connectivity index (χ4n) is 2.19.